The van der Waals surface area contributed by atoms with E-state index >= 15 is 0 Å². The SMILES string of the molecule is CC(=O)Nc1cc(Cl)c(-c2cnccn2)cc1/C=C/C(=O)N1[C@@H]2CC[C@H]1CC(Nc1ccc(F)cc1)C2. The van der Waals surface area contributed by atoms with Crippen molar-refractivity contribution >= 4 is 40.9 Å². The summed E-state index contributed by atoms with van der Waals surface area (Å²) in [4.78, 5) is 35.5. The number of aromatic nitrogens is 2. The fraction of sp³-hybridized carbons (Fsp3) is 0.286. The highest BCUT2D eigenvalue weighted by atomic mass is 35.5. The highest BCUT2D eigenvalue weighted by Gasteiger charge is 2.42. The molecule has 2 fully saturated rings. The van der Waals surface area contributed by atoms with Gasteiger partial charge in [-0.3, -0.25) is 19.6 Å². The lowest BCUT2D eigenvalue weighted by atomic mass is 9.96. The summed E-state index contributed by atoms with van der Waals surface area (Å²) in [5.41, 5.74) is 3.30. The molecule has 3 aromatic rings. The van der Waals surface area contributed by atoms with Crippen LogP contribution in [0.4, 0.5) is 15.8 Å². The van der Waals surface area contributed by atoms with Gasteiger partial charge in [0.15, 0.2) is 0 Å². The van der Waals surface area contributed by atoms with E-state index in [1.807, 2.05) is 4.90 Å². The van der Waals surface area contributed by atoms with Crippen LogP contribution in [-0.2, 0) is 9.59 Å². The molecule has 3 atom stereocenters. The monoisotopic (exact) mass is 519 g/mol. The lowest BCUT2D eigenvalue weighted by molar-refractivity contribution is -0.130. The number of amides is 2. The van der Waals surface area contributed by atoms with Gasteiger partial charge in [-0.2, -0.15) is 0 Å². The van der Waals surface area contributed by atoms with Gasteiger partial charge in [0.05, 0.1) is 16.9 Å². The number of fused-ring (bicyclic) bond motifs is 2. The van der Waals surface area contributed by atoms with Gasteiger partial charge < -0.3 is 15.5 Å². The summed E-state index contributed by atoms with van der Waals surface area (Å²) in [6.07, 6.45) is 11.6. The fourth-order valence-corrected chi connectivity index (χ4v) is 5.60. The van der Waals surface area contributed by atoms with Gasteiger partial charge in [-0.15, -0.1) is 0 Å². The van der Waals surface area contributed by atoms with Crippen molar-refractivity contribution in [2.24, 2.45) is 0 Å². The Morgan fingerprint density at radius 3 is 2.49 bits per heavy atom. The molecule has 7 nitrogen and oxygen atoms in total. The number of rotatable bonds is 6. The lowest BCUT2D eigenvalue weighted by Crippen LogP contribution is -2.49. The topological polar surface area (TPSA) is 87.2 Å². The maximum absolute atomic E-state index is 13.3. The third-order valence-electron chi connectivity index (χ3n) is 6.90. The van der Waals surface area contributed by atoms with E-state index in [1.54, 1.807) is 55.0 Å². The van der Waals surface area contributed by atoms with Crippen molar-refractivity contribution in [2.45, 2.75) is 50.7 Å². The molecule has 1 aromatic heterocycles. The highest BCUT2D eigenvalue weighted by molar-refractivity contribution is 6.33. The molecule has 190 valence electrons. The first-order chi connectivity index (χ1) is 17.9. The molecule has 0 aliphatic carbocycles. The number of hydrogen-bond acceptors (Lipinski definition) is 5. The predicted octanol–water partition coefficient (Wildman–Crippen LogP) is 5.54. The quantitative estimate of drug-likeness (QED) is 0.417. The zero-order valence-electron chi connectivity index (χ0n) is 20.3. The van der Waals surface area contributed by atoms with Gasteiger partial charge in [0.1, 0.15) is 5.82 Å². The molecule has 0 radical (unpaired) electrons. The van der Waals surface area contributed by atoms with Gasteiger partial charge in [0, 0.05) is 60.5 Å². The second-order valence-electron chi connectivity index (χ2n) is 9.47. The summed E-state index contributed by atoms with van der Waals surface area (Å²) < 4.78 is 13.2. The van der Waals surface area contributed by atoms with E-state index < -0.39 is 0 Å². The van der Waals surface area contributed by atoms with Crippen LogP contribution < -0.4 is 10.6 Å². The normalized spacial score (nSPS) is 20.7. The van der Waals surface area contributed by atoms with Crippen molar-refractivity contribution in [2.75, 3.05) is 10.6 Å². The van der Waals surface area contributed by atoms with Crippen LogP contribution in [0.3, 0.4) is 0 Å². The maximum Gasteiger partial charge on any atom is 0.247 e. The average molecular weight is 520 g/mol. The molecule has 0 spiro atoms. The smallest absolute Gasteiger partial charge is 0.247 e. The number of carbonyl (C=O) groups excluding carboxylic acids is 2. The van der Waals surface area contributed by atoms with Gasteiger partial charge in [-0.25, -0.2) is 4.39 Å². The Morgan fingerprint density at radius 2 is 1.84 bits per heavy atom. The van der Waals surface area contributed by atoms with Crippen LogP contribution in [0.5, 0.6) is 0 Å². The minimum absolute atomic E-state index is 0.0579. The Kier molecular flexibility index (Phi) is 7.19. The number of anilines is 2. The summed E-state index contributed by atoms with van der Waals surface area (Å²) >= 11 is 6.49. The molecule has 37 heavy (non-hydrogen) atoms. The van der Waals surface area contributed by atoms with Crippen molar-refractivity contribution in [3.63, 3.8) is 0 Å². The molecule has 2 aromatic carbocycles. The zero-order chi connectivity index (χ0) is 25.9. The maximum atomic E-state index is 13.3. The molecule has 2 saturated heterocycles. The summed E-state index contributed by atoms with van der Waals surface area (Å²) in [5.74, 6) is -0.556. The number of nitrogens with one attached hydrogen (secondary N) is 2. The molecule has 2 N–H and O–H groups in total. The second-order valence-corrected chi connectivity index (χ2v) is 9.88. The number of benzene rings is 2. The predicted molar refractivity (Wildman–Crippen MR) is 143 cm³/mol. The van der Waals surface area contributed by atoms with E-state index in [2.05, 4.69) is 20.6 Å². The second kappa shape index (κ2) is 10.7. The minimum atomic E-state index is -0.260. The summed E-state index contributed by atoms with van der Waals surface area (Å²) in [6.45, 7) is 1.42. The van der Waals surface area contributed by atoms with E-state index in [1.165, 1.54) is 19.1 Å². The minimum Gasteiger partial charge on any atom is -0.382 e. The summed E-state index contributed by atoms with van der Waals surface area (Å²) in [6, 6.07) is 10.4. The molecule has 1 unspecified atom stereocenters. The van der Waals surface area contributed by atoms with Gasteiger partial charge in [0.2, 0.25) is 11.8 Å². The molecule has 9 heteroatoms. The zero-order valence-corrected chi connectivity index (χ0v) is 21.1. The van der Waals surface area contributed by atoms with E-state index in [-0.39, 0.29) is 35.8 Å². The van der Waals surface area contributed by atoms with E-state index in [0.29, 0.717) is 27.5 Å². The first-order valence-electron chi connectivity index (χ1n) is 12.3. The molecule has 0 saturated carbocycles. The van der Waals surface area contributed by atoms with E-state index in [9.17, 15) is 14.0 Å². The molecular weight excluding hydrogens is 493 g/mol. The molecule has 3 heterocycles. The van der Waals surface area contributed by atoms with Crippen LogP contribution >= 0.6 is 11.6 Å². The van der Waals surface area contributed by atoms with Crippen LogP contribution in [0, 0.1) is 5.82 Å². The highest BCUT2D eigenvalue weighted by Crippen LogP contribution is 2.38. The fourth-order valence-electron chi connectivity index (χ4n) is 5.34. The Hall–Kier alpha value is -3.78. The third kappa shape index (κ3) is 5.64. The van der Waals surface area contributed by atoms with Gasteiger partial charge in [0.25, 0.3) is 0 Å². The van der Waals surface area contributed by atoms with E-state index in [0.717, 1.165) is 31.4 Å². The molecule has 2 bridgehead atoms. The first kappa shape index (κ1) is 24.9. The Bertz CT molecular complexity index is 1320. The van der Waals surface area contributed by atoms with Crippen LogP contribution in [0.1, 0.15) is 38.2 Å². The van der Waals surface area contributed by atoms with Crippen LogP contribution in [0.2, 0.25) is 5.02 Å². The van der Waals surface area contributed by atoms with Gasteiger partial charge in [-0.1, -0.05) is 11.6 Å². The third-order valence-corrected chi connectivity index (χ3v) is 7.21. The molecular formula is C28H27ClFN5O2. The number of hydrogen-bond donors (Lipinski definition) is 2. The first-order valence-corrected chi connectivity index (χ1v) is 12.6. The number of nitrogens with zero attached hydrogens (tertiary/aromatic N) is 3. The summed E-state index contributed by atoms with van der Waals surface area (Å²) in [7, 11) is 0. The molecule has 2 amide bonds. The van der Waals surface area contributed by atoms with Crippen LogP contribution in [-0.4, -0.2) is 44.8 Å². The average Bonchev–Trinajstić information content (AvgIpc) is 3.15. The van der Waals surface area contributed by atoms with Crippen molar-refractivity contribution < 1.29 is 14.0 Å². The van der Waals surface area contributed by atoms with Gasteiger partial charge >= 0.3 is 0 Å². The van der Waals surface area contributed by atoms with Crippen LogP contribution in [0.15, 0.2) is 61.1 Å². The largest absolute Gasteiger partial charge is 0.382 e. The van der Waals surface area contributed by atoms with Crippen molar-refractivity contribution in [1.82, 2.24) is 14.9 Å². The summed E-state index contributed by atoms with van der Waals surface area (Å²) in [5, 5.41) is 6.70. The molecule has 2 aliphatic rings. The van der Waals surface area contributed by atoms with Crippen LogP contribution in [0.25, 0.3) is 17.3 Å². The van der Waals surface area contributed by atoms with Gasteiger partial charge in [-0.05, 0) is 73.7 Å². The number of halogens is 2. The van der Waals surface area contributed by atoms with E-state index in [4.69, 9.17) is 11.6 Å². The van der Waals surface area contributed by atoms with Crippen molar-refractivity contribution in [3.8, 4) is 11.3 Å². The number of carbonyl (C=O) groups is 2. The Labute approximate surface area is 219 Å². The molecule has 2 aliphatic heterocycles. The number of piperidine rings is 1. The van der Waals surface area contributed by atoms with Crippen molar-refractivity contribution in [3.05, 3.63) is 77.5 Å². The lowest BCUT2D eigenvalue weighted by Gasteiger charge is -2.39. The van der Waals surface area contributed by atoms with Crippen molar-refractivity contribution in [1.29, 1.82) is 0 Å². The molecule has 5 rings (SSSR count). The Balaban J connectivity index is 1.34. The Morgan fingerprint density at radius 1 is 1.11 bits per heavy atom. The standard InChI is InChI=1S/C28H27ClFN5O2/c1-17(36)33-26-15-25(29)24(27-16-31-10-11-32-27)12-18(26)2-9-28(37)35-22-7-8-23(35)14-21(13-22)34-20-5-3-19(30)4-6-20/h2-6,9-12,15-16,21-23,34H,7-8,13-14H2,1H3,(H,33,36)/b9-2+/t21?,22-,23+.